The lowest BCUT2D eigenvalue weighted by molar-refractivity contribution is -0.122. The van der Waals surface area contributed by atoms with Gasteiger partial charge in [-0.2, -0.15) is 0 Å². The first-order valence-electron chi connectivity index (χ1n) is 6.82. The van der Waals surface area contributed by atoms with E-state index in [1.807, 2.05) is 12.1 Å². The van der Waals surface area contributed by atoms with E-state index < -0.39 is 0 Å². The molecule has 20 heavy (non-hydrogen) atoms. The van der Waals surface area contributed by atoms with Crippen LogP contribution in [0.25, 0.3) is 0 Å². The van der Waals surface area contributed by atoms with Crippen molar-refractivity contribution in [3.05, 3.63) is 34.9 Å². The maximum absolute atomic E-state index is 11.9. The van der Waals surface area contributed by atoms with Crippen molar-refractivity contribution in [3.8, 4) is 0 Å². The predicted molar refractivity (Wildman–Crippen MR) is 80.5 cm³/mol. The van der Waals surface area contributed by atoms with E-state index in [9.17, 15) is 9.59 Å². The van der Waals surface area contributed by atoms with Gasteiger partial charge in [0.15, 0.2) is 0 Å². The number of nitrogens with one attached hydrogen (secondary N) is 2. The summed E-state index contributed by atoms with van der Waals surface area (Å²) in [5.74, 6) is -0.224. The summed E-state index contributed by atoms with van der Waals surface area (Å²) in [5.41, 5.74) is 0.871. The Hall–Kier alpha value is -1.55. The van der Waals surface area contributed by atoms with Crippen molar-refractivity contribution in [2.45, 2.75) is 39.2 Å². The fourth-order valence-electron chi connectivity index (χ4n) is 1.85. The van der Waals surface area contributed by atoms with Crippen LogP contribution in [0.15, 0.2) is 24.3 Å². The van der Waals surface area contributed by atoms with Crippen LogP contribution in [0.1, 0.15) is 44.7 Å². The largest absolute Gasteiger partial charge is 0.356 e. The number of amides is 2. The quantitative estimate of drug-likeness (QED) is 0.760. The molecule has 0 saturated heterocycles. The molecule has 4 nitrogen and oxygen atoms in total. The molecular formula is C15H21ClN2O2. The van der Waals surface area contributed by atoms with E-state index in [-0.39, 0.29) is 24.3 Å². The molecule has 2 amide bonds. The smallest absolute Gasteiger partial charge is 0.222 e. The molecule has 1 unspecified atom stereocenters. The summed E-state index contributed by atoms with van der Waals surface area (Å²) >= 11 is 5.85. The van der Waals surface area contributed by atoms with Gasteiger partial charge in [-0.05, 0) is 24.1 Å². The molecule has 5 heteroatoms. The normalized spacial score (nSPS) is 11.8. The highest BCUT2D eigenvalue weighted by atomic mass is 35.5. The van der Waals surface area contributed by atoms with Crippen LogP contribution < -0.4 is 10.6 Å². The topological polar surface area (TPSA) is 58.2 Å². The Morgan fingerprint density at radius 3 is 2.45 bits per heavy atom. The van der Waals surface area contributed by atoms with E-state index in [1.165, 1.54) is 6.92 Å². The van der Waals surface area contributed by atoms with Gasteiger partial charge in [-0.15, -0.1) is 0 Å². The van der Waals surface area contributed by atoms with Gasteiger partial charge in [-0.3, -0.25) is 9.59 Å². The first kappa shape index (κ1) is 16.5. The highest BCUT2D eigenvalue weighted by Gasteiger charge is 2.16. The van der Waals surface area contributed by atoms with Crippen LogP contribution in [0.4, 0.5) is 0 Å². The molecule has 0 saturated carbocycles. The molecule has 0 aromatic heterocycles. The summed E-state index contributed by atoms with van der Waals surface area (Å²) < 4.78 is 0. The molecular weight excluding hydrogens is 276 g/mol. The summed E-state index contributed by atoms with van der Waals surface area (Å²) in [6.07, 6.45) is 2.22. The second-order valence-electron chi connectivity index (χ2n) is 4.71. The van der Waals surface area contributed by atoms with Crippen LogP contribution in [-0.4, -0.2) is 18.4 Å². The Kier molecular flexibility index (Phi) is 7.09. The average molecular weight is 297 g/mol. The highest BCUT2D eigenvalue weighted by Crippen LogP contribution is 2.19. The molecule has 1 aromatic carbocycles. The summed E-state index contributed by atoms with van der Waals surface area (Å²) in [7, 11) is 0. The monoisotopic (exact) mass is 296 g/mol. The molecule has 0 heterocycles. The van der Waals surface area contributed by atoms with E-state index >= 15 is 0 Å². The molecule has 0 aliphatic rings. The fraction of sp³-hybridized carbons (Fsp3) is 0.467. The van der Waals surface area contributed by atoms with Gasteiger partial charge in [0, 0.05) is 18.5 Å². The molecule has 1 atom stereocenters. The average Bonchev–Trinajstić information content (AvgIpc) is 2.38. The third-order valence-electron chi connectivity index (χ3n) is 2.89. The van der Waals surface area contributed by atoms with Crippen LogP contribution >= 0.6 is 11.6 Å². The third kappa shape index (κ3) is 6.06. The molecule has 0 spiro atoms. The van der Waals surface area contributed by atoms with Crippen molar-refractivity contribution in [1.29, 1.82) is 0 Å². The van der Waals surface area contributed by atoms with E-state index in [2.05, 4.69) is 17.6 Å². The first-order chi connectivity index (χ1) is 9.52. The number of hydrogen-bond acceptors (Lipinski definition) is 2. The maximum Gasteiger partial charge on any atom is 0.222 e. The highest BCUT2D eigenvalue weighted by molar-refractivity contribution is 6.30. The summed E-state index contributed by atoms with van der Waals surface area (Å²) in [5, 5.41) is 6.27. The minimum absolute atomic E-state index is 0.0628. The van der Waals surface area contributed by atoms with Gasteiger partial charge < -0.3 is 10.6 Å². The van der Waals surface area contributed by atoms with E-state index in [4.69, 9.17) is 11.6 Å². The van der Waals surface area contributed by atoms with Crippen molar-refractivity contribution in [2.24, 2.45) is 0 Å². The molecule has 0 aliphatic carbocycles. The van der Waals surface area contributed by atoms with Gasteiger partial charge in [-0.1, -0.05) is 37.1 Å². The SMILES string of the molecule is CCCCNC(=O)CC(NC(C)=O)c1ccc(Cl)cc1. The predicted octanol–water partition coefficient (Wildman–Crippen LogP) is 2.82. The Morgan fingerprint density at radius 2 is 1.90 bits per heavy atom. The summed E-state index contributed by atoms with van der Waals surface area (Å²) in [6.45, 7) is 4.18. The summed E-state index contributed by atoms with van der Waals surface area (Å²) in [4.78, 5) is 23.1. The van der Waals surface area contributed by atoms with Crippen molar-refractivity contribution < 1.29 is 9.59 Å². The number of carbonyl (C=O) groups is 2. The molecule has 1 rings (SSSR count). The van der Waals surface area contributed by atoms with E-state index in [0.29, 0.717) is 11.6 Å². The zero-order valence-electron chi connectivity index (χ0n) is 11.9. The number of unbranched alkanes of at least 4 members (excludes halogenated alkanes) is 1. The van der Waals surface area contributed by atoms with Gasteiger partial charge in [0.2, 0.25) is 11.8 Å². The van der Waals surface area contributed by atoms with Gasteiger partial charge in [0.25, 0.3) is 0 Å². The first-order valence-corrected chi connectivity index (χ1v) is 7.20. The van der Waals surface area contributed by atoms with Gasteiger partial charge in [0.05, 0.1) is 12.5 Å². The summed E-state index contributed by atoms with van der Waals surface area (Å²) in [6, 6.07) is 6.82. The number of benzene rings is 1. The number of hydrogen-bond donors (Lipinski definition) is 2. The molecule has 110 valence electrons. The zero-order chi connectivity index (χ0) is 15.0. The molecule has 1 aromatic rings. The number of halogens is 1. The van der Waals surface area contributed by atoms with Gasteiger partial charge >= 0.3 is 0 Å². The zero-order valence-corrected chi connectivity index (χ0v) is 12.7. The molecule has 2 N–H and O–H groups in total. The minimum Gasteiger partial charge on any atom is -0.356 e. The van der Waals surface area contributed by atoms with Crippen LogP contribution in [0.5, 0.6) is 0 Å². The fourth-order valence-corrected chi connectivity index (χ4v) is 1.98. The van der Waals surface area contributed by atoms with Crippen molar-refractivity contribution in [2.75, 3.05) is 6.54 Å². The van der Waals surface area contributed by atoms with Crippen molar-refractivity contribution in [3.63, 3.8) is 0 Å². The molecule has 0 fully saturated rings. The number of rotatable bonds is 7. The standard InChI is InChI=1S/C15H21ClN2O2/c1-3-4-9-17-15(20)10-14(18-11(2)19)12-5-7-13(16)8-6-12/h5-8,14H,3-4,9-10H2,1-2H3,(H,17,20)(H,18,19). The van der Waals surface area contributed by atoms with E-state index in [0.717, 1.165) is 18.4 Å². The second-order valence-corrected chi connectivity index (χ2v) is 5.15. The van der Waals surface area contributed by atoms with Crippen molar-refractivity contribution in [1.82, 2.24) is 10.6 Å². The van der Waals surface area contributed by atoms with Gasteiger partial charge in [-0.25, -0.2) is 0 Å². The lowest BCUT2D eigenvalue weighted by Gasteiger charge is -2.18. The number of carbonyl (C=O) groups excluding carboxylic acids is 2. The lowest BCUT2D eigenvalue weighted by atomic mass is 10.0. The molecule has 0 radical (unpaired) electrons. The Labute approximate surface area is 124 Å². The van der Waals surface area contributed by atoms with Crippen molar-refractivity contribution >= 4 is 23.4 Å². The van der Waals surface area contributed by atoms with Crippen LogP contribution in [-0.2, 0) is 9.59 Å². The second kappa shape index (κ2) is 8.59. The Balaban J connectivity index is 2.67. The molecule has 0 aliphatic heterocycles. The van der Waals surface area contributed by atoms with Crippen LogP contribution in [0, 0.1) is 0 Å². The van der Waals surface area contributed by atoms with E-state index in [1.54, 1.807) is 12.1 Å². The minimum atomic E-state index is -0.327. The molecule has 0 bridgehead atoms. The third-order valence-corrected chi connectivity index (χ3v) is 3.14. The Bertz CT molecular complexity index is 446. The Morgan fingerprint density at radius 1 is 1.25 bits per heavy atom. The maximum atomic E-state index is 11.9. The van der Waals surface area contributed by atoms with Crippen LogP contribution in [0.2, 0.25) is 5.02 Å². The van der Waals surface area contributed by atoms with Crippen LogP contribution in [0.3, 0.4) is 0 Å². The lowest BCUT2D eigenvalue weighted by Crippen LogP contribution is -2.33. The van der Waals surface area contributed by atoms with Gasteiger partial charge in [0.1, 0.15) is 0 Å².